The minimum atomic E-state index is 1.25. The van der Waals surface area contributed by atoms with Gasteiger partial charge in [-0.1, -0.05) is 26.7 Å². The number of hydrogen-bond donors (Lipinski definition) is 0. The molecule has 10 heavy (non-hydrogen) atoms. The van der Waals surface area contributed by atoms with E-state index in [1.807, 2.05) is 0 Å². The third-order valence-corrected chi connectivity index (χ3v) is 1.75. The molecule has 0 spiro atoms. The predicted octanol–water partition coefficient (Wildman–Crippen LogP) is 2.52. The average Bonchev–Trinajstić information content (AvgIpc) is 1.89. The molecular weight excluding hydrogens is 122 g/mol. The summed E-state index contributed by atoms with van der Waals surface area (Å²) < 4.78 is 0. The molecule has 0 heterocycles. The topological polar surface area (TPSA) is 3.24 Å². The van der Waals surface area contributed by atoms with Gasteiger partial charge in [-0.3, -0.25) is 0 Å². The van der Waals surface area contributed by atoms with E-state index >= 15 is 0 Å². The van der Waals surface area contributed by atoms with Crippen LogP contribution in [0.25, 0.3) is 0 Å². The molecule has 0 aromatic rings. The van der Waals surface area contributed by atoms with E-state index in [1.165, 1.54) is 38.8 Å². The summed E-state index contributed by atoms with van der Waals surface area (Å²) in [6.07, 6.45) is 5.36. The van der Waals surface area contributed by atoms with Gasteiger partial charge >= 0.3 is 0 Å². The van der Waals surface area contributed by atoms with Crippen LogP contribution in [-0.4, -0.2) is 25.0 Å². The molecule has 0 N–H and O–H groups in total. The standard InChI is InChI=1S/C9H21N/c1-4-6-7-9-10(3)8-5-2/h4-9H2,1-3H3. The fourth-order valence-electron chi connectivity index (χ4n) is 1.13. The predicted molar refractivity (Wildman–Crippen MR) is 47.3 cm³/mol. The highest BCUT2D eigenvalue weighted by molar-refractivity contribution is 4.49. The van der Waals surface area contributed by atoms with Crippen LogP contribution in [0.4, 0.5) is 0 Å². The summed E-state index contributed by atoms with van der Waals surface area (Å²) in [6, 6.07) is 0. The van der Waals surface area contributed by atoms with Crippen molar-refractivity contribution in [1.82, 2.24) is 4.90 Å². The van der Waals surface area contributed by atoms with E-state index in [1.54, 1.807) is 0 Å². The maximum Gasteiger partial charge on any atom is -0.00218 e. The summed E-state index contributed by atoms with van der Waals surface area (Å²) >= 11 is 0. The molecule has 0 saturated heterocycles. The van der Waals surface area contributed by atoms with Gasteiger partial charge in [-0.05, 0) is 33.0 Å². The lowest BCUT2D eigenvalue weighted by atomic mass is 10.2. The Morgan fingerprint density at radius 3 is 2.10 bits per heavy atom. The van der Waals surface area contributed by atoms with Crippen LogP contribution >= 0.6 is 0 Å². The molecule has 0 aliphatic rings. The smallest absolute Gasteiger partial charge is 0.00218 e. The maximum absolute atomic E-state index is 2.41. The van der Waals surface area contributed by atoms with Gasteiger partial charge in [0.15, 0.2) is 0 Å². The lowest BCUT2D eigenvalue weighted by molar-refractivity contribution is 0.326. The van der Waals surface area contributed by atoms with Crippen LogP contribution in [0.5, 0.6) is 0 Å². The van der Waals surface area contributed by atoms with Gasteiger partial charge < -0.3 is 4.90 Å². The zero-order chi connectivity index (χ0) is 7.82. The van der Waals surface area contributed by atoms with Crippen molar-refractivity contribution >= 4 is 0 Å². The highest BCUT2D eigenvalue weighted by Gasteiger charge is 1.93. The van der Waals surface area contributed by atoms with Gasteiger partial charge in [0.05, 0.1) is 0 Å². The molecule has 0 aromatic heterocycles. The van der Waals surface area contributed by atoms with Crippen LogP contribution in [0.2, 0.25) is 0 Å². The molecule has 1 nitrogen and oxygen atoms in total. The number of hydrogen-bond acceptors (Lipinski definition) is 1. The molecule has 0 saturated carbocycles. The normalized spacial score (nSPS) is 10.8. The van der Waals surface area contributed by atoms with E-state index in [-0.39, 0.29) is 0 Å². The number of rotatable bonds is 6. The monoisotopic (exact) mass is 143 g/mol. The van der Waals surface area contributed by atoms with Crippen LogP contribution in [0.1, 0.15) is 39.5 Å². The van der Waals surface area contributed by atoms with Crippen molar-refractivity contribution in [3.8, 4) is 0 Å². The second-order valence-corrected chi connectivity index (χ2v) is 3.01. The Kier molecular flexibility index (Phi) is 7.04. The Bertz CT molecular complexity index is 61.7. The Labute approximate surface area is 65.4 Å². The summed E-state index contributed by atoms with van der Waals surface area (Å²) in [5.41, 5.74) is 0. The van der Waals surface area contributed by atoms with Crippen LogP contribution in [0.15, 0.2) is 0 Å². The summed E-state index contributed by atoms with van der Waals surface area (Å²) in [5.74, 6) is 0. The van der Waals surface area contributed by atoms with Crippen molar-refractivity contribution in [2.75, 3.05) is 20.1 Å². The fraction of sp³-hybridized carbons (Fsp3) is 1.00. The summed E-state index contributed by atoms with van der Waals surface area (Å²) in [7, 11) is 2.21. The van der Waals surface area contributed by atoms with Crippen molar-refractivity contribution < 1.29 is 0 Å². The van der Waals surface area contributed by atoms with E-state index < -0.39 is 0 Å². The first-order valence-electron chi connectivity index (χ1n) is 4.49. The van der Waals surface area contributed by atoms with Crippen molar-refractivity contribution in [2.45, 2.75) is 39.5 Å². The average molecular weight is 143 g/mol. The van der Waals surface area contributed by atoms with Crippen LogP contribution in [0.3, 0.4) is 0 Å². The molecule has 62 valence electrons. The molecule has 0 unspecified atom stereocenters. The molecule has 0 aromatic carbocycles. The van der Waals surface area contributed by atoms with Crippen molar-refractivity contribution in [1.29, 1.82) is 0 Å². The minimum Gasteiger partial charge on any atom is -0.306 e. The van der Waals surface area contributed by atoms with Gasteiger partial charge in [0.25, 0.3) is 0 Å². The summed E-state index contributed by atoms with van der Waals surface area (Å²) in [6.45, 7) is 7.02. The second-order valence-electron chi connectivity index (χ2n) is 3.01. The molecule has 0 aliphatic heterocycles. The molecular formula is C9H21N. The molecule has 0 bridgehead atoms. The summed E-state index contributed by atoms with van der Waals surface area (Å²) in [4.78, 5) is 2.41. The second kappa shape index (κ2) is 7.07. The molecule has 0 atom stereocenters. The first kappa shape index (κ1) is 9.96. The van der Waals surface area contributed by atoms with Crippen molar-refractivity contribution in [2.24, 2.45) is 0 Å². The Hall–Kier alpha value is -0.0400. The maximum atomic E-state index is 2.41. The van der Waals surface area contributed by atoms with Crippen LogP contribution < -0.4 is 0 Å². The SMILES string of the molecule is CCCCCN(C)CCC. The Morgan fingerprint density at radius 2 is 1.60 bits per heavy atom. The molecule has 0 aliphatic carbocycles. The minimum absolute atomic E-state index is 1.25. The van der Waals surface area contributed by atoms with Gasteiger partial charge in [-0.2, -0.15) is 0 Å². The molecule has 0 rings (SSSR count). The third kappa shape index (κ3) is 6.09. The van der Waals surface area contributed by atoms with Crippen LogP contribution in [-0.2, 0) is 0 Å². The molecule has 1 heteroatoms. The Morgan fingerprint density at radius 1 is 0.900 bits per heavy atom. The lowest BCUT2D eigenvalue weighted by Gasteiger charge is -2.14. The quantitative estimate of drug-likeness (QED) is 0.516. The first-order chi connectivity index (χ1) is 4.81. The first-order valence-corrected chi connectivity index (χ1v) is 4.49. The Balaban J connectivity index is 2.97. The van der Waals surface area contributed by atoms with E-state index in [0.717, 1.165) is 0 Å². The highest BCUT2D eigenvalue weighted by Crippen LogP contribution is 1.96. The van der Waals surface area contributed by atoms with Gasteiger partial charge in [0.2, 0.25) is 0 Å². The third-order valence-electron chi connectivity index (χ3n) is 1.75. The van der Waals surface area contributed by atoms with Gasteiger partial charge in [-0.25, -0.2) is 0 Å². The highest BCUT2D eigenvalue weighted by atomic mass is 15.1. The molecule has 0 fully saturated rings. The molecule has 0 amide bonds. The molecule has 0 radical (unpaired) electrons. The van der Waals surface area contributed by atoms with Crippen molar-refractivity contribution in [3.05, 3.63) is 0 Å². The van der Waals surface area contributed by atoms with Crippen LogP contribution in [0, 0.1) is 0 Å². The largest absolute Gasteiger partial charge is 0.306 e. The zero-order valence-corrected chi connectivity index (χ0v) is 7.69. The lowest BCUT2D eigenvalue weighted by Crippen LogP contribution is -2.20. The fourth-order valence-corrected chi connectivity index (χ4v) is 1.13. The van der Waals surface area contributed by atoms with Crippen molar-refractivity contribution in [3.63, 3.8) is 0 Å². The van der Waals surface area contributed by atoms with Gasteiger partial charge in [0, 0.05) is 0 Å². The van der Waals surface area contributed by atoms with E-state index in [0.29, 0.717) is 0 Å². The number of nitrogens with zero attached hydrogens (tertiary/aromatic N) is 1. The van der Waals surface area contributed by atoms with E-state index in [4.69, 9.17) is 0 Å². The summed E-state index contributed by atoms with van der Waals surface area (Å²) in [5, 5.41) is 0. The number of unbranched alkanes of at least 4 members (excludes halogenated alkanes) is 2. The zero-order valence-electron chi connectivity index (χ0n) is 7.69. The van der Waals surface area contributed by atoms with Gasteiger partial charge in [-0.15, -0.1) is 0 Å². The van der Waals surface area contributed by atoms with E-state index in [9.17, 15) is 0 Å². The van der Waals surface area contributed by atoms with E-state index in [2.05, 4.69) is 25.8 Å². The van der Waals surface area contributed by atoms with Gasteiger partial charge in [0.1, 0.15) is 0 Å².